The molecular weight excluding hydrogens is 561 g/mol. The number of halogens is 2. The second kappa shape index (κ2) is 11.1. The highest BCUT2D eigenvalue weighted by Gasteiger charge is 2.18. The first-order chi connectivity index (χ1) is 19.9. The second-order valence-corrected chi connectivity index (χ2v) is 10.2. The summed E-state index contributed by atoms with van der Waals surface area (Å²) < 4.78 is 18.7. The van der Waals surface area contributed by atoms with Crippen LogP contribution in [-0.4, -0.2) is 23.0 Å². The van der Waals surface area contributed by atoms with Gasteiger partial charge in [0.1, 0.15) is 17.9 Å². The maximum Gasteiger partial charge on any atom is 0.282 e. The van der Waals surface area contributed by atoms with Crippen LogP contribution in [0.2, 0.25) is 10.0 Å². The van der Waals surface area contributed by atoms with Crippen LogP contribution in [0.15, 0.2) is 99.2 Å². The number of aromatic nitrogens is 2. The first-order valence-corrected chi connectivity index (χ1v) is 13.5. The number of rotatable bonds is 7. The van der Waals surface area contributed by atoms with Crippen LogP contribution in [0.1, 0.15) is 16.7 Å². The fourth-order valence-corrected chi connectivity index (χ4v) is 5.20. The summed E-state index contributed by atoms with van der Waals surface area (Å²) >= 11 is 13.1. The fourth-order valence-electron chi connectivity index (χ4n) is 4.59. The summed E-state index contributed by atoms with van der Waals surface area (Å²) in [6.07, 6.45) is 1.49. The van der Waals surface area contributed by atoms with Crippen LogP contribution in [0.4, 0.5) is 0 Å². The molecule has 0 spiro atoms. The summed E-state index contributed by atoms with van der Waals surface area (Å²) in [4.78, 5) is 18.3. The Balaban J connectivity index is 1.39. The number of nitrogens with zero attached hydrogens (tertiary/aromatic N) is 3. The lowest BCUT2D eigenvalue weighted by Gasteiger charge is -2.11. The van der Waals surface area contributed by atoms with Gasteiger partial charge < -0.3 is 13.9 Å². The molecule has 4 aromatic carbocycles. The summed E-state index contributed by atoms with van der Waals surface area (Å²) in [5, 5.41) is 6.30. The van der Waals surface area contributed by atoms with Crippen molar-refractivity contribution < 1.29 is 13.9 Å². The lowest BCUT2D eigenvalue weighted by Crippen LogP contribution is -2.20. The highest BCUT2D eigenvalue weighted by atomic mass is 35.5. The number of benzene rings is 4. The molecule has 0 unspecified atom stereocenters. The van der Waals surface area contributed by atoms with E-state index in [1.54, 1.807) is 43.5 Å². The summed E-state index contributed by atoms with van der Waals surface area (Å²) in [6, 6.07) is 25.7. The fraction of sp³-hybridized carbons (Fsp3) is 0.0938. The topological polar surface area (TPSA) is 78.9 Å². The predicted octanol–water partition coefficient (Wildman–Crippen LogP) is 7.89. The van der Waals surface area contributed by atoms with E-state index in [2.05, 4.69) is 5.10 Å². The maximum atomic E-state index is 13.6. The third kappa shape index (κ3) is 5.29. The molecule has 9 heteroatoms. The standard InChI is InChI=1S/C32H23Cl2N3O4/c1-19-7-5-8-20(13-19)18-40-30-24(33)14-21(15-25(30)34)17-35-37-31(36-26-10-4-3-9-22(26)32(37)38)29-16-23-27(39-2)11-6-12-28(23)41-29/h3-17H,18H2,1-2H3. The molecule has 7 nitrogen and oxygen atoms in total. The number of hydrogen-bond acceptors (Lipinski definition) is 6. The summed E-state index contributed by atoms with van der Waals surface area (Å²) in [6.45, 7) is 2.34. The molecule has 0 N–H and O–H groups in total. The molecule has 2 aromatic heterocycles. The maximum absolute atomic E-state index is 13.6. The van der Waals surface area contributed by atoms with Crippen molar-refractivity contribution in [3.8, 4) is 23.1 Å². The molecular formula is C32H23Cl2N3O4. The largest absolute Gasteiger partial charge is 0.496 e. The van der Waals surface area contributed by atoms with Crippen LogP contribution in [0.3, 0.4) is 0 Å². The van der Waals surface area contributed by atoms with Crippen LogP contribution in [0, 0.1) is 6.92 Å². The monoisotopic (exact) mass is 583 g/mol. The molecule has 0 saturated carbocycles. The Hall–Kier alpha value is -4.59. The number of methoxy groups -OCH3 is 1. The van der Waals surface area contributed by atoms with Crippen molar-refractivity contribution in [2.24, 2.45) is 5.10 Å². The minimum Gasteiger partial charge on any atom is -0.496 e. The van der Waals surface area contributed by atoms with Crippen molar-refractivity contribution >= 4 is 51.3 Å². The SMILES string of the molecule is COc1cccc2oc(-c3nc4ccccc4c(=O)n3N=Cc3cc(Cl)c(OCc4cccc(C)c4)c(Cl)c3)cc12. The van der Waals surface area contributed by atoms with Gasteiger partial charge in [-0.1, -0.05) is 71.2 Å². The lowest BCUT2D eigenvalue weighted by atomic mass is 10.1. The highest BCUT2D eigenvalue weighted by Crippen LogP contribution is 2.35. The zero-order valence-electron chi connectivity index (χ0n) is 22.1. The first-order valence-electron chi connectivity index (χ1n) is 12.7. The Labute approximate surface area is 245 Å². The van der Waals surface area contributed by atoms with Gasteiger partial charge in [-0.05, 0) is 60.5 Å². The molecule has 0 saturated heterocycles. The minimum absolute atomic E-state index is 0.235. The van der Waals surface area contributed by atoms with Gasteiger partial charge in [0.25, 0.3) is 5.56 Å². The normalized spacial score (nSPS) is 11.5. The smallest absolute Gasteiger partial charge is 0.282 e. The molecule has 0 fully saturated rings. The molecule has 0 radical (unpaired) electrons. The summed E-state index contributed by atoms with van der Waals surface area (Å²) in [5.74, 6) is 1.61. The van der Waals surface area contributed by atoms with Gasteiger partial charge in [0.15, 0.2) is 11.5 Å². The Bertz CT molecular complexity index is 1990. The van der Waals surface area contributed by atoms with Gasteiger partial charge in [0.05, 0.1) is 39.7 Å². The van der Waals surface area contributed by atoms with E-state index in [1.807, 2.05) is 55.5 Å². The Morgan fingerprint density at radius 2 is 1.73 bits per heavy atom. The molecule has 0 aliphatic carbocycles. The van der Waals surface area contributed by atoms with Crippen LogP contribution >= 0.6 is 23.2 Å². The van der Waals surface area contributed by atoms with E-state index in [-0.39, 0.29) is 11.4 Å². The number of hydrogen-bond donors (Lipinski definition) is 0. The van der Waals surface area contributed by atoms with Gasteiger partial charge in [-0.15, -0.1) is 0 Å². The first kappa shape index (κ1) is 26.6. The van der Waals surface area contributed by atoms with Gasteiger partial charge in [-0.3, -0.25) is 4.79 Å². The average Bonchev–Trinajstić information content (AvgIpc) is 3.41. The van der Waals surface area contributed by atoms with E-state index in [0.29, 0.717) is 56.0 Å². The molecule has 0 amide bonds. The highest BCUT2D eigenvalue weighted by molar-refractivity contribution is 6.37. The molecule has 0 aliphatic rings. The van der Waals surface area contributed by atoms with Crippen molar-refractivity contribution in [3.05, 3.63) is 122 Å². The van der Waals surface area contributed by atoms with Crippen molar-refractivity contribution in [3.63, 3.8) is 0 Å². The van der Waals surface area contributed by atoms with Crippen LogP contribution < -0.4 is 15.0 Å². The molecule has 2 heterocycles. The van der Waals surface area contributed by atoms with Crippen molar-refractivity contribution in [1.29, 1.82) is 0 Å². The van der Waals surface area contributed by atoms with E-state index in [1.165, 1.54) is 10.9 Å². The Morgan fingerprint density at radius 1 is 0.951 bits per heavy atom. The van der Waals surface area contributed by atoms with E-state index < -0.39 is 0 Å². The van der Waals surface area contributed by atoms with E-state index in [0.717, 1.165) is 16.5 Å². The molecule has 204 valence electrons. The summed E-state index contributed by atoms with van der Waals surface area (Å²) in [7, 11) is 1.59. The average molecular weight is 584 g/mol. The number of furan rings is 1. The van der Waals surface area contributed by atoms with Crippen molar-refractivity contribution in [2.75, 3.05) is 7.11 Å². The number of aryl methyl sites for hydroxylation is 1. The zero-order chi connectivity index (χ0) is 28.5. The van der Waals surface area contributed by atoms with Crippen molar-refractivity contribution in [2.45, 2.75) is 13.5 Å². The van der Waals surface area contributed by atoms with Gasteiger partial charge in [-0.2, -0.15) is 9.78 Å². The number of para-hydroxylation sites is 1. The van der Waals surface area contributed by atoms with Crippen LogP contribution in [0.5, 0.6) is 11.5 Å². The number of fused-ring (bicyclic) bond motifs is 2. The molecule has 41 heavy (non-hydrogen) atoms. The van der Waals surface area contributed by atoms with Crippen LogP contribution in [-0.2, 0) is 6.61 Å². The van der Waals surface area contributed by atoms with Gasteiger partial charge in [0.2, 0.25) is 5.82 Å². The van der Waals surface area contributed by atoms with Gasteiger partial charge >= 0.3 is 0 Å². The molecule has 6 aromatic rings. The summed E-state index contributed by atoms with van der Waals surface area (Å²) in [5.41, 5.74) is 3.46. The molecule has 0 aliphatic heterocycles. The predicted molar refractivity (Wildman–Crippen MR) is 163 cm³/mol. The van der Waals surface area contributed by atoms with Gasteiger partial charge in [-0.25, -0.2) is 4.98 Å². The second-order valence-electron chi connectivity index (χ2n) is 9.39. The van der Waals surface area contributed by atoms with Gasteiger partial charge in [0, 0.05) is 0 Å². The van der Waals surface area contributed by atoms with Crippen molar-refractivity contribution in [1.82, 2.24) is 9.66 Å². The number of ether oxygens (including phenoxy) is 2. The Kier molecular flexibility index (Phi) is 7.22. The molecule has 6 rings (SSSR count). The van der Waals surface area contributed by atoms with E-state index in [4.69, 9.17) is 42.1 Å². The van der Waals surface area contributed by atoms with E-state index >= 15 is 0 Å². The quantitative estimate of drug-likeness (QED) is 0.178. The van der Waals surface area contributed by atoms with Crippen LogP contribution in [0.25, 0.3) is 33.5 Å². The third-order valence-electron chi connectivity index (χ3n) is 6.52. The molecule has 0 atom stereocenters. The molecule has 0 bridgehead atoms. The minimum atomic E-state index is -0.357. The Morgan fingerprint density at radius 3 is 2.51 bits per heavy atom. The zero-order valence-corrected chi connectivity index (χ0v) is 23.6. The lowest BCUT2D eigenvalue weighted by molar-refractivity contribution is 0.306. The third-order valence-corrected chi connectivity index (χ3v) is 7.09. The van der Waals surface area contributed by atoms with E-state index in [9.17, 15) is 4.79 Å².